The van der Waals surface area contributed by atoms with Crippen LogP contribution in [0.1, 0.15) is 69.8 Å². The van der Waals surface area contributed by atoms with Gasteiger partial charge >= 0.3 is 0 Å². The van der Waals surface area contributed by atoms with Gasteiger partial charge in [0.1, 0.15) is 0 Å². The molecule has 3 rings (SSSR count). The molecule has 2 saturated carbocycles. The molecule has 0 radical (unpaired) electrons. The SMILES string of the molecule is Nc1ccccc1CN(C1CCCCC1)C1CCCCC1. The summed E-state index contributed by atoms with van der Waals surface area (Å²) in [6.07, 6.45) is 14.1. The van der Waals surface area contributed by atoms with Gasteiger partial charge in [-0.1, -0.05) is 56.7 Å². The summed E-state index contributed by atoms with van der Waals surface area (Å²) in [5.41, 5.74) is 8.50. The fraction of sp³-hybridized carbons (Fsp3) is 0.684. The number of hydrogen-bond donors (Lipinski definition) is 1. The lowest BCUT2D eigenvalue weighted by molar-refractivity contribution is 0.0733. The maximum Gasteiger partial charge on any atom is 0.0359 e. The van der Waals surface area contributed by atoms with E-state index in [2.05, 4.69) is 23.1 Å². The van der Waals surface area contributed by atoms with Crippen LogP contribution in [-0.2, 0) is 6.54 Å². The molecule has 2 heteroatoms. The smallest absolute Gasteiger partial charge is 0.0359 e. The number of rotatable bonds is 4. The van der Waals surface area contributed by atoms with E-state index in [1.165, 1.54) is 69.8 Å². The molecule has 0 aliphatic heterocycles. The van der Waals surface area contributed by atoms with Gasteiger partial charge in [-0.2, -0.15) is 0 Å². The van der Waals surface area contributed by atoms with Crippen LogP contribution in [0.3, 0.4) is 0 Å². The van der Waals surface area contributed by atoms with Crippen molar-refractivity contribution in [1.29, 1.82) is 0 Å². The Bertz CT molecular complexity index is 413. The average molecular weight is 286 g/mol. The number of nitrogens with two attached hydrogens (primary N) is 1. The second-order valence-corrected chi connectivity index (χ2v) is 6.95. The maximum atomic E-state index is 6.20. The first-order valence-corrected chi connectivity index (χ1v) is 8.94. The Hall–Kier alpha value is -1.02. The third-order valence-electron chi connectivity index (χ3n) is 5.50. The lowest BCUT2D eigenvalue weighted by Gasteiger charge is -2.42. The molecular weight excluding hydrogens is 256 g/mol. The molecule has 0 atom stereocenters. The largest absolute Gasteiger partial charge is 0.398 e. The number of para-hydroxylation sites is 1. The first-order valence-electron chi connectivity index (χ1n) is 8.94. The summed E-state index contributed by atoms with van der Waals surface area (Å²) < 4.78 is 0. The standard InChI is InChI=1S/C19H30N2/c20-19-14-8-7-9-16(19)15-21(17-10-3-1-4-11-17)18-12-5-2-6-13-18/h7-9,14,17-18H,1-6,10-13,15,20H2. The summed E-state index contributed by atoms with van der Waals surface area (Å²) in [6.45, 7) is 1.06. The predicted octanol–water partition coefficient (Wildman–Crippen LogP) is 4.74. The number of nitrogens with zero attached hydrogens (tertiary/aromatic N) is 1. The van der Waals surface area contributed by atoms with E-state index in [-0.39, 0.29) is 0 Å². The van der Waals surface area contributed by atoms with Crippen molar-refractivity contribution in [2.75, 3.05) is 5.73 Å². The van der Waals surface area contributed by atoms with E-state index in [0.29, 0.717) is 0 Å². The molecule has 0 unspecified atom stereocenters. The van der Waals surface area contributed by atoms with Gasteiger partial charge in [0.15, 0.2) is 0 Å². The lowest BCUT2D eigenvalue weighted by Crippen LogP contribution is -2.44. The molecule has 2 nitrogen and oxygen atoms in total. The van der Waals surface area contributed by atoms with E-state index in [0.717, 1.165) is 24.3 Å². The van der Waals surface area contributed by atoms with Gasteiger partial charge in [0.05, 0.1) is 0 Å². The Labute approximate surface area is 129 Å². The van der Waals surface area contributed by atoms with E-state index in [9.17, 15) is 0 Å². The molecule has 0 amide bonds. The molecule has 0 heterocycles. The van der Waals surface area contributed by atoms with Crippen LogP contribution < -0.4 is 5.73 Å². The molecule has 1 aromatic rings. The van der Waals surface area contributed by atoms with Crippen LogP contribution >= 0.6 is 0 Å². The van der Waals surface area contributed by atoms with Crippen LogP contribution in [0.15, 0.2) is 24.3 Å². The minimum absolute atomic E-state index is 0.793. The highest BCUT2D eigenvalue weighted by Crippen LogP contribution is 2.32. The molecule has 0 bridgehead atoms. The van der Waals surface area contributed by atoms with E-state index in [1.807, 2.05) is 6.07 Å². The monoisotopic (exact) mass is 286 g/mol. The number of nitrogen functional groups attached to an aromatic ring is 1. The Morgan fingerprint density at radius 1 is 0.810 bits per heavy atom. The van der Waals surface area contributed by atoms with E-state index < -0.39 is 0 Å². The molecule has 0 aromatic heterocycles. The van der Waals surface area contributed by atoms with Gasteiger partial charge in [-0.25, -0.2) is 0 Å². The Morgan fingerprint density at radius 3 is 1.86 bits per heavy atom. The summed E-state index contributed by atoms with van der Waals surface area (Å²) >= 11 is 0. The van der Waals surface area contributed by atoms with Gasteiger partial charge in [0.25, 0.3) is 0 Å². The first-order chi connectivity index (χ1) is 10.3. The molecule has 2 aliphatic rings. The van der Waals surface area contributed by atoms with Crippen molar-refractivity contribution in [2.45, 2.75) is 82.8 Å². The van der Waals surface area contributed by atoms with E-state index in [1.54, 1.807) is 0 Å². The zero-order valence-corrected chi connectivity index (χ0v) is 13.3. The average Bonchev–Trinajstić information content (AvgIpc) is 2.56. The van der Waals surface area contributed by atoms with E-state index >= 15 is 0 Å². The fourth-order valence-electron chi connectivity index (χ4n) is 4.26. The van der Waals surface area contributed by atoms with Crippen molar-refractivity contribution in [3.63, 3.8) is 0 Å². The Morgan fingerprint density at radius 2 is 1.33 bits per heavy atom. The summed E-state index contributed by atoms with van der Waals surface area (Å²) in [5, 5.41) is 0. The fourth-order valence-corrected chi connectivity index (χ4v) is 4.26. The van der Waals surface area contributed by atoms with Crippen LogP contribution in [0.2, 0.25) is 0 Å². The molecule has 0 spiro atoms. The number of anilines is 1. The van der Waals surface area contributed by atoms with Crippen molar-refractivity contribution < 1.29 is 0 Å². The minimum Gasteiger partial charge on any atom is -0.398 e. The molecule has 2 N–H and O–H groups in total. The second-order valence-electron chi connectivity index (χ2n) is 6.95. The third-order valence-corrected chi connectivity index (χ3v) is 5.50. The highest BCUT2D eigenvalue weighted by Gasteiger charge is 2.29. The van der Waals surface area contributed by atoms with Crippen molar-refractivity contribution >= 4 is 5.69 Å². The molecule has 21 heavy (non-hydrogen) atoms. The normalized spacial score (nSPS) is 21.8. The molecule has 2 fully saturated rings. The quantitative estimate of drug-likeness (QED) is 0.810. The van der Waals surface area contributed by atoms with Crippen molar-refractivity contribution in [3.8, 4) is 0 Å². The van der Waals surface area contributed by atoms with Crippen LogP contribution in [0.25, 0.3) is 0 Å². The van der Waals surface area contributed by atoms with Crippen molar-refractivity contribution in [3.05, 3.63) is 29.8 Å². The lowest BCUT2D eigenvalue weighted by atomic mass is 9.88. The summed E-state index contributed by atoms with van der Waals surface area (Å²) in [4.78, 5) is 2.82. The zero-order chi connectivity index (χ0) is 14.5. The summed E-state index contributed by atoms with van der Waals surface area (Å²) in [6, 6.07) is 10.0. The van der Waals surface area contributed by atoms with Crippen molar-refractivity contribution in [2.24, 2.45) is 0 Å². The molecule has 116 valence electrons. The first kappa shape index (κ1) is 14.9. The highest BCUT2D eigenvalue weighted by atomic mass is 15.2. The zero-order valence-electron chi connectivity index (χ0n) is 13.3. The highest BCUT2D eigenvalue weighted by molar-refractivity contribution is 5.46. The van der Waals surface area contributed by atoms with E-state index in [4.69, 9.17) is 5.73 Å². The van der Waals surface area contributed by atoms with Gasteiger partial charge in [0.2, 0.25) is 0 Å². The third kappa shape index (κ3) is 3.79. The van der Waals surface area contributed by atoms with Crippen LogP contribution in [0.5, 0.6) is 0 Å². The topological polar surface area (TPSA) is 29.3 Å². The predicted molar refractivity (Wildman–Crippen MR) is 90.1 cm³/mol. The number of hydrogen-bond acceptors (Lipinski definition) is 2. The molecule has 0 saturated heterocycles. The van der Waals surface area contributed by atoms with Gasteiger partial charge < -0.3 is 5.73 Å². The second kappa shape index (κ2) is 7.31. The maximum absolute atomic E-state index is 6.20. The Balaban J connectivity index is 1.75. The summed E-state index contributed by atoms with van der Waals surface area (Å²) in [7, 11) is 0. The van der Waals surface area contributed by atoms with Gasteiger partial charge in [-0.3, -0.25) is 4.90 Å². The molecule has 1 aromatic carbocycles. The summed E-state index contributed by atoms with van der Waals surface area (Å²) in [5.74, 6) is 0. The Kier molecular flexibility index (Phi) is 5.18. The minimum atomic E-state index is 0.793. The molecular formula is C19H30N2. The van der Waals surface area contributed by atoms with Crippen LogP contribution in [0.4, 0.5) is 5.69 Å². The number of benzene rings is 1. The molecule has 2 aliphatic carbocycles. The van der Waals surface area contributed by atoms with Gasteiger partial charge in [0, 0.05) is 24.3 Å². The van der Waals surface area contributed by atoms with Crippen LogP contribution in [0, 0.1) is 0 Å². The van der Waals surface area contributed by atoms with Crippen molar-refractivity contribution in [1.82, 2.24) is 4.90 Å². The van der Waals surface area contributed by atoms with Gasteiger partial charge in [-0.15, -0.1) is 0 Å². The van der Waals surface area contributed by atoms with Gasteiger partial charge in [-0.05, 0) is 37.3 Å². The van der Waals surface area contributed by atoms with Crippen LogP contribution in [-0.4, -0.2) is 17.0 Å².